The van der Waals surface area contributed by atoms with Gasteiger partial charge in [-0.05, 0) is 300 Å². The van der Waals surface area contributed by atoms with E-state index in [1.165, 1.54) is 46.9 Å². The van der Waals surface area contributed by atoms with Crippen molar-refractivity contribution in [3.63, 3.8) is 0 Å². The Morgan fingerprint density at radius 2 is 0.787 bits per heavy atom. The maximum atomic E-state index is 13.8. The predicted molar refractivity (Wildman–Crippen MR) is 556 cm³/mol. The number of hydrogen-bond donors (Lipinski definition) is 5. The number of fused-ring (bicyclic) bond motifs is 1. The van der Waals surface area contributed by atoms with Crippen molar-refractivity contribution in [2.75, 3.05) is 0 Å². The second-order valence-electron chi connectivity index (χ2n) is 38.8. The third-order valence-corrected chi connectivity index (χ3v) is 25.4. The molecule has 14 rings (SSSR count). The Kier molecular flexibility index (Phi) is 37.1. The number of hydrogen-bond acceptors (Lipinski definition) is 16. The lowest BCUT2D eigenvalue weighted by Crippen LogP contribution is -2.40. The number of para-hydroxylation sites is 1. The van der Waals surface area contributed by atoms with Crippen LogP contribution in [0.25, 0.3) is 55.4 Å². The zero-order valence-corrected chi connectivity index (χ0v) is 84.4. The largest absolute Gasteiger partial charge is 0.481 e. The molecule has 5 N–H and O–H groups in total. The maximum Gasteiger partial charge on any atom is 0.305 e. The molecule has 0 unspecified atom stereocenters. The number of carbonyl (C=O) groups is 8. The molecule has 0 aliphatic heterocycles. The van der Waals surface area contributed by atoms with Gasteiger partial charge in [-0.15, -0.1) is 0 Å². The monoisotopic (exact) mass is 1900 g/mol. The highest BCUT2D eigenvalue weighted by atomic mass is 16.4. The second-order valence-corrected chi connectivity index (χ2v) is 38.8. The van der Waals surface area contributed by atoms with Crippen molar-refractivity contribution >= 4 is 57.9 Å². The van der Waals surface area contributed by atoms with Gasteiger partial charge in [-0.3, -0.25) is 77.1 Å². The Morgan fingerprint density at radius 3 is 1.22 bits per heavy atom. The van der Waals surface area contributed by atoms with Gasteiger partial charge in [0.2, 0.25) is 23.6 Å². The van der Waals surface area contributed by atoms with Crippen molar-refractivity contribution in [2.24, 2.45) is 17.8 Å². The Balaban J connectivity index is 0.000000180. The molecule has 7 heterocycles. The minimum absolute atomic E-state index is 0.0314. The number of amides is 4. The summed E-state index contributed by atoms with van der Waals surface area (Å²) in [4.78, 5) is 170. The molecular weight excluding hydrogens is 1770 g/mol. The lowest BCUT2D eigenvalue weighted by atomic mass is 9.94. The van der Waals surface area contributed by atoms with Crippen molar-refractivity contribution in [2.45, 2.75) is 244 Å². The number of carboxylic acid groups (broad SMARTS) is 1. The summed E-state index contributed by atoms with van der Waals surface area (Å²) in [5.41, 5.74) is 22.4. The van der Waals surface area contributed by atoms with Crippen LogP contribution in [0.3, 0.4) is 0 Å². The third-order valence-electron chi connectivity index (χ3n) is 25.4. The topological polar surface area (TPSA) is 344 Å². The lowest BCUT2D eigenvalue weighted by molar-refractivity contribution is -0.138. The van der Waals surface area contributed by atoms with Crippen molar-refractivity contribution in [1.82, 2.24) is 59.5 Å². The number of aryl methyl sites for hydroxylation is 10. The highest BCUT2D eigenvalue weighted by Crippen LogP contribution is 2.41. The van der Waals surface area contributed by atoms with E-state index in [0.717, 1.165) is 135 Å². The number of Topliss-reactive ketones (excluding diaryl/α,β-unsaturated/α-hetero) is 3. The summed E-state index contributed by atoms with van der Waals surface area (Å²) in [6.07, 6.45) is 21.0. The molecule has 0 bridgehead atoms. The fourth-order valence-corrected chi connectivity index (χ4v) is 18.1. The minimum atomic E-state index is -1.04. The molecule has 13 aromatic rings. The number of nitrogens with one attached hydrogen (secondary N) is 4. The molecule has 0 spiro atoms. The van der Waals surface area contributed by atoms with Gasteiger partial charge in [0, 0.05) is 110 Å². The van der Waals surface area contributed by atoms with Crippen molar-refractivity contribution in [3.8, 4) is 44.5 Å². The number of nitrogens with zero attached hydrogens (tertiary/aromatic N) is 8. The molecule has 7 atom stereocenters. The zero-order valence-electron chi connectivity index (χ0n) is 84.4. The van der Waals surface area contributed by atoms with Gasteiger partial charge < -0.3 is 40.1 Å². The van der Waals surface area contributed by atoms with Crippen LogP contribution in [-0.2, 0) is 44.9 Å². The second kappa shape index (κ2) is 49.1. The molecule has 141 heavy (non-hydrogen) atoms. The van der Waals surface area contributed by atoms with Crippen LogP contribution in [0.2, 0.25) is 0 Å². The fourth-order valence-electron chi connectivity index (χ4n) is 18.1. The van der Waals surface area contributed by atoms with Gasteiger partial charge in [-0.2, -0.15) is 0 Å². The SMILES string of the molecule is CC(=O)C[C@@H](NC(=O)[C@@H](CC(C)C)n1cc(C)c(C)cc1=O)c1cncc(-c2c(C)cccc2C)c1.CC(=O)C[C@@H](NC(=O)[C@@H](CC(C)C)n1cc(C2CC2)ccc1=O)c1cncc(-c2c(C)cccc2C)c1.CC(=O)C[C@@H](NC(=O)[C@@H](CC(C)C)n1ccc(C)cc1=O)c1cncc(-c2c(C)cccc2C)c1.Cc1ccccc1-c1cccc([C@H](CC(=O)O)NC(=O)Cn2cnc3ccccc3c2=O)c1. The van der Waals surface area contributed by atoms with Crippen LogP contribution in [0, 0.1) is 87.0 Å². The molecule has 1 fully saturated rings. The standard InChI is InChI=1S/C31H37N3O3.C30H37N3O3.C29H35N3O3.C26H23N3O4/c1-19(2)13-28(34-18-24(23-9-10-23)11-12-29(34)36)31(37)33-27(14-22(5)35)25-15-26(17-32-16-25)30-20(3)7-6-8-21(30)4;1-18(2)11-27(33-17-22(6)21(5)12-28(33)35)30(36)32-26(13-23(7)34)24-14-25(16-31-15-24)29-19(3)9-8-10-20(29)4;1-18(2)12-26(32-11-10-19(3)13-27(32)34)29(35)31-25(14-22(6)33)23-15-24(17-30-16-23)28-20(4)8-7-9-21(28)5;1-17-7-2-3-10-20(17)18-8-6-9-19(13-18)23(14-25(31)32)28-24(30)15-29-16-27-22-12-5-4-11-21(22)26(29)33/h6-8,11-12,15-19,23,27-28H,9-10,13-14H2,1-5H3,(H,33,37);8-10,12,14-18,26-27H,11,13H2,1-7H3,(H,32,36);7-11,13,15-18,25-26H,12,14H2,1-6H3,(H,31,35);2-13,16,23H,14-15H2,1H3,(H,28,30)(H,31,32)/t27-,28-;26-,27-;25-,26-;23-/m1110/s1. The van der Waals surface area contributed by atoms with Crippen LogP contribution in [-0.4, -0.2) is 90.3 Å². The van der Waals surface area contributed by atoms with Crippen LogP contribution in [0.1, 0.15) is 252 Å². The van der Waals surface area contributed by atoms with Crippen molar-refractivity contribution in [1.29, 1.82) is 0 Å². The summed E-state index contributed by atoms with van der Waals surface area (Å²) in [6, 6.07) is 50.7. The molecule has 6 aromatic carbocycles. The molecule has 0 saturated heterocycles. The quantitative estimate of drug-likeness (QED) is 0.0246. The third kappa shape index (κ3) is 29.1. The molecule has 7 aromatic heterocycles. The van der Waals surface area contributed by atoms with Crippen LogP contribution in [0.4, 0.5) is 0 Å². The zero-order chi connectivity index (χ0) is 102. The summed E-state index contributed by atoms with van der Waals surface area (Å²) >= 11 is 0. The van der Waals surface area contributed by atoms with E-state index in [2.05, 4.69) is 119 Å². The first-order chi connectivity index (χ1) is 67.1. The Bertz CT molecular complexity index is 6940. The van der Waals surface area contributed by atoms with Gasteiger partial charge >= 0.3 is 5.97 Å². The average Bonchev–Trinajstić information content (AvgIpc) is 1.33. The molecule has 1 saturated carbocycles. The highest BCUT2D eigenvalue weighted by Gasteiger charge is 2.33. The normalized spacial score (nSPS) is 13.1. The molecular formula is C116H132N12O13. The summed E-state index contributed by atoms with van der Waals surface area (Å²) in [6.45, 7) is 36.5. The van der Waals surface area contributed by atoms with Gasteiger partial charge in [0.1, 0.15) is 42.0 Å². The molecule has 734 valence electrons. The van der Waals surface area contributed by atoms with E-state index in [4.69, 9.17) is 0 Å². The Hall–Kier alpha value is -14.9. The van der Waals surface area contributed by atoms with E-state index in [1.807, 2.05) is 179 Å². The maximum absolute atomic E-state index is 13.8. The molecule has 1 aliphatic rings. The Labute approximate surface area is 825 Å². The number of benzene rings is 6. The van der Waals surface area contributed by atoms with Crippen molar-refractivity contribution in [3.05, 3.63) is 363 Å². The van der Waals surface area contributed by atoms with Gasteiger partial charge in [0.05, 0.1) is 47.8 Å². The molecule has 25 heteroatoms. The first-order valence-electron chi connectivity index (χ1n) is 48.3. The first-order valence-corrected chi connectivity index (χ1v) is 48.3. The summed E-state index contributed by atoms with van der Waals surface area (Å²) in [7, 11) is 0. The van der Waals surface area contributed by atoms with E-state index >= 15 is 0 Å². The van der Waals surface area contributed by atoms with E-state index in [0.29, 0.717) is 41.6 Å². The van der Waals surface area contributed by atoms with E-state index in [-0.39, 0.29) is 107 Å². The minimum Gasteiger partial charge on any atom is -0.481 e. The van der Waals surface area contributed by atoms with Gasteiger partial charge in [0.25, 0.3) is 22.2 Å². The van der Waals surface area contributed by atoms with Crippen LogP contribution in [0.5, 0.6) is 0 Å². The molecule has 1 aliphatic carbocycles. The molecule has 4 amide bonds. The highest BCUT2D eigenvalue weighted by molar-refractivity contribution is 5.86. The average molecular weight is 1900 g/mol. The number of ketones is 3. The fraction of sp³-hybridized carbons (Fsp3) is 0.345. The smallest absolute Gasteiger partial charge is 0.305 e. The lowest BCUT2D eigenvalue weighted by Gasteiger charge is -2.26. The van der Waals surface area contributed by atoms with E-state index in [1.54, 1.807) is 84.2 Å². The summed E-state index contributed by atoms with van der Waals surface area (Å²) in [5, 5.41) is 21.9. The predicted octanol–water partition coefficient (Wildman–Crippen LogP) is 20.4. The number of carboxylic acids is 1. The summed E-state index contributed by atoms with van der Waals surface area (Å²) in [5.74, 6) is -1.38. The number of aliphatic carboxylic acids is 1. The van der Waals surface area contributed by atoms with Gasteiger partial charge in [0.15, 0.2) is 0 Å². The Morgan fingerprint density at radius 1 is 0.383 bits per heavy atom. The molecule has 25 nitrogen and oxygen atoms in total. The van der Waals surface area contributed by atoms with Crippen LogP contribution >= 0.6 is 0 Å². The van der Waals surface area contributed by atoms with Crippen molar-refractivity contribution < 1.29 is 43.5 Å². The number of pyridine rings is 6. The number of aromatic nitrogens is 8. The van der Waals surface area contributed by atoms with E-state index < -0.39 is 54.2 Å². The first kappa shape index (κ1) is 107. The van der Waals surface area contributed by atoms with Gasteiger partial charge in [-0.1, -0.05) is 157 Å². The number of rotatable bonds is 35. The molecule has 0 radical (unpaired) electrons. The number of carbonyl (C=O) groups excluding carboxylic acids is 7. The summed E-state index contributed by atoms with van der Waals surface area (Å²) < 4.78 is 5.81. The van der Waals surface area contributed by atoms with Gasteiger partial charge in [-0.25, -0.2) is 4.98 Å². The van der Waals surface area contributed by atoms with Crippen LogP contribution in [0.15, 0.2) is 257 Å². The van der Waals surface area contributed by atoms with Crippen LogP contribution < -0.4 is 43.5 Å². The van der Waals surface area contributed by atoms with E-state index in [9.17, 15) is 62.6 Å².